The molecule has 110 valence electrons. The smallest absolute Gasteiger partial charge is 0.251 e. The van der Waals surface area contributed by atoms with Gasteiger partial charge in [-0.3, -0.25) is 4.79 Å². The first kappa shape index (κ1) is 13.8. The Hall–Kier alpha value is -2.21. The molecule has 0 bridgehead atoms. The number of hydrogen-bond donors (Lipinski definition) is 1. The van der Waals surface area contributed by atoms with Crippen LogP contribution in [0, 0.1) is 0 Å². The number of carbonyl (C=O) groups excluding carboxylic acids is 1. The summed E-state index contributed by atoms with van der Waals surface area (Å²) in [6.07, 6.45) is 5.45. The van der Waals surface area contributed by atoms with E-state index in [-0.39, 0.29) is 12.0 Å². The Morgan fingerprint density at radius 1 is 1.38 bits per heavy atom. The average molecular weight is 286 g/mol. The van der Waals surface area contributed by atoms with Gasteiger partial charge in [-0.25, -0.2) is 9.67 Å². The van der Waals surface area contributed by atoms with E-state index in [1.165, 1.54) is 6.33 Å². The maximum Gasteiger partial charge on any atom is 0.251 e. The van der Waals surface area contributed by atoms with Crippen LogP contribution in [-0.2, 0) is 11.3 Å². The summed E-state index contributed by atoms with van der Waals surface area (Å²) in [5, 5.41) is 6.97. The highest BCUT2D eigenvalue weighted by molar-refractivity contribution is 5.94. The molecule has 0 spiro atoms. The summed E-state index contributed by atoms with van der Waals surface area (Å²) in [6, 6.07) is 7.53. The van der Waals surface area contributed by atoms with Crippen molar-refractivity contribution >= 4 is 5.91 Å². The number of carbonyl (C=O) groups is 1. The second-order valence-corrected chi connectivity index (χ2v) is 5.14. The van der Waals surface area contributed by atoms with Crippen LogP contribution >= 0.6 is 0 Å². The van der Waals surface area contributed by atoms with Crippen molar-refractivity contribution < 1.29 is 9.53 Å². The van der Waals surface area contributed by atoms with Gasteiger partial charge >= 0.3 is 0 Å². The van der Waals surface area contributed by atoms with Gasteiger partial charge in [-0.15, -0.1) is 0 Å². The summed E-state index contributed by atoms with van der Waals surface area (Å²) in [6.45, 7) is 2.04. The van der Waals surface area contributed by atoms with Crippen LogP contribution in [0.15, 0.2) is 36.9 Å². The van der Waals surface area contributed by atoms with E-state index >= 15 is 0 Å². The molecule has 1 fully saturated rings. The molecule has 1 saturated heterocycles. The van der Waals surface area contributed by atoms with E-state index in [4.69, 9.17) is 4.74 Å². The summed E-state index contributed by atoms with van der Waals surface area (Å²) < 4.78 is 7.23. The molecule has 0 saturated carbocycles. The van der Waals surface area contributed by atoms with Crippen LogP contribution in [0.2, 0.25) is 0 Å². The van der Waals surface area contributed by atoms with Crippen LogP contribution in [0.1, 0.15) is 28.8 Å². The summed E-state index contributed by atoms with van der Waals surface area (Å²) in [7, 11) is 0. The van der Waals surface area contributed by atoms with Crippen molar-refractivity contribution in [1.29, 1.82) is 0 Å². The molecule has 6 heteroatoms. The Morgan fingerprint density at radius 3 is 2.90 bits per heavy atom. The highest BCUT2D eigenvalue weighted by atomic mass is 16.5. The molecule has 1 atom stereocenters. The molecule has 6 nitrogen and oxygen atoms in total. The monoisotopic (exact) mass is 286 g/mol. The lowest BCUT2D eigenvalue weighted by Gasteiger charge is -2.11. The normalized spacial score (nSPS) is 17.8. The molecular weight excluding hydrogens is 268 g/mol. The molecule has 1 aromatic carbocycles. The van der Waals surface area contributed by atoms with Crippen LogP contribution < -0.4 is 5.32 Å². The number of aromatic nitrogens is 3. The third-order valence-corrected chi connectivity index (χ3v) is 3.54. The number of rotatable bonds is 5. The lowest BCUT2D eigenvalue weighted by atomic mass is 10.1. The van der Waals surface area contributed by atoms with E-state index in [0.717, 1.165) is 25.0 Å². The van der Waals surface area contributed by atoms with Crippen molar-refractivity contribution in [1.82, 2.24) is 20.1 Å². The zero-order chi connectivity index (χ0) is 14.5. The number of hydrogen-bond acceptors (Lipinski definition) is 4. The standard InChI is InChI=1S/C15H18N4O2/c20-15(17-8-14-2-1-7-21-14)13-5-3-12(4-6-13)9-19-11-16-10-18-19/h3-6,10-11,14H,1-2,7-9H2,(H,17,20)/t14-/m0/s1. The fraction of sp³-hybridized carbons (Fsp3) is 0.400. The first-order chi connectivity index (χ1) is 10.3. The van der Waals surface area contributed by atoms with E-state index in [1.54, 1.807) is 11.0 Å². The van der Waals surface area contributed by atoms with E-state index in [1.807, 2.05) is 24.3 Å². The molecule has 2 heterocycles. The minimum Gasteiger partial charge on any atom is -0.376 e. The molecule has 21 heavy (non-hydrogen) atoms. The first-order valence-electron chi connectivity index (χ1n) is 7.12. The highest BCUT2D eigenvalue weighted by Gasteiger charge is 2.16. The largest absolute Gasteiger partial charge is 0.376 e. The van der Waals surface area contributed by atoms with Crippen LogP contribution in [0.5, 0.6) is 0 Å². The molecule has 1 aliphatic rings. The highest BCUT2D eigenvalue weighted by Crippen LogP contribution is 2.11. The number of nitrogens with zero attached hydrogens (tertiary/aromatic N) is 3. The second-order valence-electron chi connectivity index (χ2n) is 5.14. The van der Waals surface area contributed by atoms with Crippen LogP contribution in [0.4, 0.5) is 0 Å². The van der Waals surface area contributed by atoms with Crippen LogP contribution in [-0.4, -0.2) is 39.9 Å². The maximum atomic E-state index is 12.0. The third-order valence-electron chi connectivity index (χ3n) is 3.54. The third kappa shape index (κ3) is 3.66. The molecule has 3 rings (SSSR count). The number of nitrogens with one attached hydrogen (secondary N) is 1. The Labute approximate surface area is 123 Å². The van der Waals surface area contributed by atoms with Gasteiger partial charge in [0.2, 0.25) is 0 Å². The molecule has 0 unspecified atom stereocenters. The fourth-order valence-corrected chi connectivity index (χ4v) is 2.38. The van der Waals surface area contributed by atoms with Gasteiger partial charge < -0.3 is 10.1 Å². The van der Waals surface area contributed by atoms with Crippen molar-refractivity contribution in [3.05, 3.63) is 48.0 Å². The Balaban J connectivity index is 1.54. The van der Waals surface area contributed by atoms with Gasteiger partial charge in [-0.1, -0.05) is 12.1 Å². The second kappa shape index (κ2) is 6.49. The SMILES string of the molecule is O=C(NC[C@@H]1CCCO1)c1ccc(Cn2cncn2)cc1. The van der Waals surface area contributed by atoms with Gasteiger partial charge in [0, 0.05) is 18.7 Å². The maximum absolute atomic E-state index is 12.0. The Morgan fingerprint density at radius 2 is 2.24 bits per heavy atom. The van der Waals surface area contributed by atoms with Crippen molar-refractivity contribution in [2.45, 2.75) is 25.5 Å². The van der Waals surface area contributed by atoms with Gasteiger partial charge in [0.25, 0.3) is 5.91 Å². The predicted octanol–water partition coefficient (Wildman–Crippen LogP) is 1.24. The molecule has 1 aliphatic heterocycles. The van der Waals surface area contributed by atoms with Crippen LogP contribution in [0.3, 0.4) is 0 Å². The molecule has 0 aliphatic carbocycles. The lowest BCUT2D eigenvalue weighted by Crippen LogP contribution is -2.31. The van der Waals surface area contributed by atoms with Gasteiger partial charge in [0.15, 0.2) is 0 Å². The van der Waals surface area contributed by atoms with Gasteiger partial charge in [-0.05, 0) is 30.5 Å². The summed E-state index contributed by atoms with van der Waals surface area (Å²) in [5.74, 6) is -0.0576. The van der Waals surface area contributed by atoms with E-state index in [9.17, 15) is 4.79 Å². The van der Waals surface area contributed by atoms with Crippen molar-refractivity contribution in [2.24, 2.45) is 0 Å². The van der Waals surface area contributed by atoms with Gasteiger partial charge in [0.1, 0.15) is 12.7 Å². The number of benzene rings is 1. The zero-order valence-corrected chi connectivity index (χ0v) is 11.7. The summed E-state index contributed by atoms with van der Waals surface area (Å²) >= 11 is 0. The predicted molar refractivity (Wildman–Crippen MR) is 76.9 cm³/mol. The Bertz CT molecular complexity index is 574. The number of ether oxygens (including phenoxy) is 1. The topological polar surface area (TPSA) is 69.0 Å². The van der Waals surface area contributed by atoms with Gasteiger partial charge in [-0.2, -0.15) is 5.10 Å². The summed E-state index contributed by atoms with van der Waals surface area (Å²) in [5.41, 5.74) is 1.74. The van der Waals surface area contributed by atoms with E-state index in [0.29, 0.717) is 18.7 Å². The van der Waals surface area contributed by atoms with Crippen molar-refractivity contribution in [3.8, 4) is 0 Å². The van der Waals surface area contributed by atoms with Crippen molar-refractivity contribution in [3.63, 3.8) is 0 Å². The molecule has 0 radical (unpaired) electrons. The molecule has 2 aromatic rings. The van der Waals surface area contributed by atoms with Crippen molar-refractivity contribution in [2.75, 3.05) is 13.2 Å². The average Bonchev–Trinajstić information content (AvgIpc) is 3.19. The Kier molecular flexibility index (Phi) is 4.25. The zero-order valence-electron chi connectivity index (χ0n) is 11.7. The minimum atomic E-state index is -0.0576. The summed E-state index contributed by atoms with van der Waals surface area (Å²) in [4.78, 5) is 15.9. The first-order valence-corrected chi connectivity index (χ1v) is 7.12. The van der Waals surface area contributed by atoms with E-state index < -0.39 is 0 Å². The molecule has 1 amide bonds. The minimum absolute atomic E-state index is 0.0576. The van der Waals surface area contributed by atoms with Crippen LogP contribution in [0.25, 0.3) is 0 Å². The quantitative estimate of drug-likeness (QED) is 0.897. The lowest BCUT2D eigenvalue weighted by molar-refractivity contribution is 0.0858. The fourth-order valence-electron chi connectivity index (χ4n) is 2.38. The molecule has 1 aromatic heterocycles. The molecule has 1 N–H and O–H groups in total. The van der Waals surface area contributed by atoms with Gasteiger partial charge in [0.05, 0.1) is 12.6 Å². The molecular formula is C15H18N4O2. The van der Waals surface area contributed by atoms with E-state index in [2.05, 4.69) is 15.4 Å². The number of amides is 1.